The second kappa shape index (κ2) is 3.68. The van der Waals surface area contributed by atoms with Crippen LogP contribution in [0.3, 0.4) is 0 Å². The van der Waals surface area contributed by atoms with E-state index in [9.17, 15) is 10.1 Å². The van der Waals surface area contributed by atoms with Crippen molar-refractivity contribution in [2.75, 3.05) is 0 Å². The number of nitro benzene ring substituents is 1. The Balaban J connectivity index is 2.96. The van der Waals surface area contributed by atoms with Crippen LogP contribution in [0.25, 0.3) is 10.8 Å². The van der Waals surface area contributed by atoms with Crippen molar-refractivity contribution < 1.29 is 4.92 Å². The van der Waals surface area contributed by atoms with Gasteiger partial charge in [0, 0.05) is 16.5 Å². The van der Waals surface area contributed by atoms with Crippen molar-refractivity contribution in [1.82, 2.24) is 0 Å². The zero-order chi connectivity index (χ0) is 11.0. The number of fused-ring (bicyclic) bond motifs is 1. The SMILES string of the molecule is O=[N+]([O-])c1ccc(Cl)c2cccc(Cl)c12. The maximum atomic E-state index is 10.8. The predicted molar refractivity (Wildman–Crippen MR) is 60.6 cm³/mol. The molecule has 2 aromatic carbocycles. The molecule has 0 radical (unpaired) electrons. The van der Waals surface area contributed by atoms with Gasteiger partial charge in [0.15, 0.2) is 0 Å². The Labute approximate surface area is 95.4 Å². The summed E-state index contributed by atoms with van der Waals surface area (Å²) >= 11 is 11.8. The molecule has 0 aliphatic rings. The average molecular weight is 242 g/mol. The molecule has 0 fully saturated rings. The third kappa shape index (κ3) is 1.64. The van der Waals surface area contributed by atoms with Crippen LogP contribution in [-0.2, 0) is 0 Å². The van der Waals surface area contributed by atoms with E-state index in [1.807, 2.05) is 0 Å². The molecule has 0 saturated carbocycles. The molecule has 0 atom stereocenters. The van der Waals surface area contributed by atoms with E-state index in [4.69, 9.17) is 23.2 Å². The van der Waals surface area contributed by atoms with Gasteiger partial charge in [0.2, 0.25) is 0 Å². The molecular formula is C10H5Cl2NO2. The summed E-state index contributed by atoms with van der Waals surface area (Å²) in [6.07, 6.45) is 0. The lowest BCUT2D eigenvalue weighted by atomic mass is 10.1. The lowest BCUT2D eigenvalue weighted by molar-refractivity contribution is -0.383. The van der Waals surface area contributed by atoms with Crippen molar-refractivity contribution in [1.29, 1.82) is 0 Å². The van der Waals surface area contributed by atoms with Gasteiger partial charge < -0.3 is 0 Å². The Morgan fingerprint density at radius 1 is 1.07 bits per heavy atom. The molecule has 0 aromatic heterocycles. The normalized spacial score (nSPS) is 10.5. The Morgan fingerprint density at radius 2 is 1.80 bits per heavy atom. The molecule has 15 heavy (non-hydrogen) atoms. The van der Waals surface area contributed by atoms with Crippen molar-refractivity contribution in [2.45, 2.75) is 0 Å². The largest absolute Gasteiger partial charge is 0.278 e. The van der Waals surface area contributed by atoms with Gasteiger partial charge in [0.1, 0.15) is 0 Å². The highest BCUT2D eigenvalue weighted by molar-refractivity contribution is 6.40. The summed E-state index contributed by atoms with van der Waals surface area (Å²) in [4.78, 5) is 10.3. The third-order valence-electron chi connectivity index (χ3n) is 2.11. The quantitative estimate of drug-likeness (QED) is 0.559. The summed E-state index contributed by atoms with van der Waals surface area (Å²) in [5, 5.41) is 12.6. The molecular weight excluding hydrogens is 237 g/mol. The molecule has 0 bridgehead atoms. The van der Waals surface area contributed by atoms with Crippen LogP contribution in [0.1, 0.15) is 0 Å². The first-order chi connectivity index (χ1) is 7.11. The molecule has 3 nitrogen and oxygen atoms in total. The molecule has 0 heterocycles. The highest BCUT2D eigenvalue weighted by Gasteiger charge is 2.15. The van der Waals surface area contributed by atoms with Gasteiger partial charge in [-0.15, -0.1) is 0 Å². The van der Waals surface area contributed by atoms with Gasteiger partial charge in [0.25, 0.3) is 5.69 Å². The van der Waals surface area contributed by atoms with Gasteiger partial charge in [0.05, 0.1) is 15.3 Å². The van der Waals surface area contributed by atoms with Crippen LogP contribution in [0.4, 0.5) is 5.69 Å². The van der Waals surface area contributed by atoms with Crippen LogP contribution in [0.5, 0.6) is 0 Å². The first-order valence-corrected chi connectivity index (χ1v) is 4.88. The monoisotopic (exact) mass is 241 g/mol. The predicted octanol–water partition coefficient (Wildman–Crippen LogP) is 4.05. The number of nitro groups is 1. The smallest absolute Gasteiger partial charge is 0.258 e. The number of non-ortho nitro benzene ring substituents is 1. The van der Waals surface area contributed by atoms with Crippen LogP contribution < -0.4 is 0 Å². The third-order valence-corrected chi connectivity index (χ3v) is 2.76. The minimum atomic E-state index is -0.468. The standard InChI is InChI=1S/C10H5Cl2NO2/c11-7-4-5-9(13(14)15)10-6(7)2-1-3-8(10)12/h1-5H. The summed E-state index contributed by atoms with van der Waals surface area (Å²) in [7, 11) is 0. The van der Waals surface area contributed by atoms with Gasteiger partial charge in [-0.25, -0.2) is 0 Å². The maximum absolute atomic E-state index is 10.8. The molecule has 2 aromatic rings. The van der Waals surface area contributed by atoms with Crippen LogP contribution >= 0.6 is 23.2 Å². The lowest BCUT2D eigenvalue weighted by Gasteiger charge is -2.03. The minimum absolute atomic E-state index is 0.0278. The molecule has 5 heteroatoms. The van der Waals surface area contributed by atoms with Crippen LogP contribution in [0, 0.1) is 10.1 Å². The number of hydrogen-bond acceptors (Lipinski definition) is 2. The van der Waals surface area contributed by atoms with E-state index in [0.29, 0.717) is 20.8 Å². The average Bonchev–Trinajstić information content (AvgIpc) is 2.19. The first kappa shape index (κ1) is 10.2. The van der Waals surface area contributed by atoms with Crippen molar-refractivity contribution in [3.8, 4) is 0 Å². The van der Waals surface area contributed by atoms with Crippen molar-refractivity contribution in [2.24, 2.45) is 0 Å². The van der Waals surface area contributed by atoms with E-state index in [-0.39, 0.29) is 5.69 Å². The van der Waals surface area contributed by atoms with E-state index >= 15 is 0 Å². The number of hydrogen-bond donors (Lipinski definition) is 0. The Morgan fingerprint density at radius 3 is 2.47 bits per heavy atom. The van der Waals surface area contributed by atoms with E-state index in [1.54, 1.807) is 18.2 Å². The topological polar surface area (TPSA) is 43.1 Å². The molecule has 76 valence electrons. The van der Waals surface area contributed by atoms with Crippen molar-refractivity contribution >= 4 is 39.7 Å². The summed E-state index contributed by atoms with van der Waals surface area (Å²) in [6, 6.07) is 7.87. The molecule has 0 N–H and O–H groups in total. The van der Waals surface area contributed by atoms with Crippen molar-refractivity contribution in [3.63, 3.8) is 0 Å². The molecule has 0 unspecified atom stereocenters. The zero-order valence-corrected chi connectivity index (χ0v) is 8.92. The van der Waals surface area contributed by atoms with E-state index in [0.717, 1.165) is 0 Å². The highest BCUT2D eigenvalue weighted by atomic mass is 35.5. The molecule has 0 aliphatic carbocycles. The number of halogens is 2. The second-order valence-electron chi connectivity index (χ2n) is 2.99. The summed E-state index contributed by atoms with van der Waals surface area (Å²) < 4.78 is 0. The number of benzene rings is 2. The molecule has 0 saturated heterocycles. The molecule has 0 amide bonds. The van der Waals surface area contributed by atoms with Gasteiger partial charge in [-0.1, -0.05) is 35.3 Å². The first-order valence-electron chi connectivity index (χ1n) is 4.12. The highest BCUT2D eigenvalue weighted by Crippen LogP contribution is 2.35. The summed E-state index contributed by atoms with van der Waals surface area (Å²) in [6.45, 7) is 0. The number of nitrogens with zero attached hydrogens (tertiary/aromatic N) is 1. The summed E-state index contributed by atoms with van der Waals surface area (Å²) in [5.74, 6) is 0. The van der Waals surface area contributed by atoms with E-state index < -0.39 is 4.92 Å². The Hall–Kier alpha value is -1.32. The molecule has 0 spiro atoms. The lowest BCUT2D eigenvalue weighted by Crippen LogP contribution is -1.90. The van der Waals surface area contributed by atoms with Gasteiger partial charge >= 0.3 is 0 Å². The Kier molecular flexibility index (Phi) is 2.50. The summed E-state index contributed by atoms with van der Waals surface area (Å²) in [5.41, 5.74) is -0.0278. The van der Waals surface area contributed by atoms with E-state index in [2.05, 4.69) is 0 Å². The Bertz CT molecular complexity index is 554. The van der Waals surface area contributed by atoms with Crippen LogP contribution in [0.2, 0.25) is 10.0 Å². The molecule has 2 rings (SSSR count). The van der Waals surface area contributed by atoms with Gasteiger partial charge in [-0.2, -0.15) is 0 Å². The van der Waals surface area contributed by atoms with Crippen LogP contribution in [0.15, 0.2) is 30.3 Å². The maximum Gasteiger partial charge on any atom is 0.278 e. The van der Waals surface area contributed by atoms with Crippen molar-refractivity contribution in [3.05, 3.63) is 50.5 Å². The zero-order valence-electron chi connectivity index (χ0n) is 7.41. The fourth-order valence-electron chi connectivity index (χ4n) is 1.46. The van der Waals surface area contributed by atoms with Gasteiger partial charge in [-0.3, -0.25) is 10.1 Å². The number of rotatable bonds is 1. The fraction of sp³-hybridized carbons (Fsp3) is 0. The minimum Gasteiger partial charge on any atom is -0.258 e. The molecule has 0 aliphatic heterocycles. The van der Waals surface area contributed by atoms with E-state index in [1.165, 1.54) is 12.1 Å². The fourth-order valence-corrected chi connectivity index (χ4v) is 1.95. The second-order valence-corrected chi connectivity index (χ2v) is 3.80. The van der Waals surface area contributed by atoms with Gasteiger partial charge in [-0.05, 0) is 12.1 Å². The van der Waals surface area contributed by atoms with Crippen LogP contribution in [-0.4, -0.2) is 4.92 Å².